The Morgan fingerprint density at radius 1 is 0.818 bits per heavy atom. The number of hydrogen-bond acceptors (Lipinski definition) is 4. The molecule has 0 radical (unpaired) electrons. The molecule has 0 saturated heterocycles. The normalized spacial score (nSPS) is 11.3. The van der Waals surface area contributed by atoms with E-state index in [1.807, 2.05) is 72.8 Å². The number of ketones is 1. The molecule has 0 aliphatic carbocycles. The van der Waals surface area contributed by atoms with E-state index in [4.69, 9.17) is 0 Å². The highest BCUT2D eigenvalue weighted by Gasteiger charge is 2.12. The summed E-state index contributed by atoms with van der Waals surface area (Å²) in [6.07, 6.45) is 8.53. The summed E-state index contributed by atoms with van der Waals surface area (Å²) in [5.41, 5.74) is 4.60. The second-order valence-electron chi connectivity index (χ2n) is 7.38. The molecule has 2 aromatic heterocycles. The van der Waals surface area contributed by atoms with Gasteiger partial charge in [0, 0.05) is 43.3 Å². The first kappa shape index (κ1) is 24.0. The molecular weight excluding hydrogens is 434 g/mol. The van der Waals surface area contributed by atoms with E-state index in [2.05, 4.69) is 14.7 Å². The van der Waals surface area contributed by atoms with Gasteiger partial charge in [-0.3, -0.25) is 14.8 Å². The fraction of sp³-hybridized carbons (Fsp3) is 0.115. The first-order valence-corrected chi connectivity index (χ1v) is 11.5. The van der Waals surface area contributed by atoms with Crippen LogP contribution in [-0.2, 0) is 28.6 Å². The van der Waals surface area contributed by atoms with E-state index in [9.17, 15) is 9.00 Å². The molecule has 0 bridgehead atoms. The van der Waals surface area contributed by atoms with Gasteiger partial charge in [0.1, 0.15) is 5.78 Å². The topological polar surface area (TPSA) is 103 Å². The number of nitrogens with one attached hydrogen (secondary N) is 1. The van der Waals surface area contributed by atoms with Crippen LogP contribution in [0.5, 0.6) is 0 Å². The third-order valence-electron chi connectivity index (χ3n) is 5.06. The van der Waals surface area contributed by atoms with Gasteiger partial charge in [-0.05, 0) is 65.1 Å². The molecule has 4 rings (SSSR count). The summed E-state index contributed by atoms with van der Waals surface area (Å²) >= 11 is 0. The van der Waals surface area contributed by atoms with E-state index in [-0.39, 0.29) is 11.3 Å². The van der Waals surface area contributed by atoms with Gasteiger partial charge in [-0.1, -0.05) is 36.4 Å². The number of nitrogens with zero attached hydrogens (tertiary/aromatic N) is 2. The summed E-state index contributed by atoms with van der Waals surface area (Å²) in [6.45, 7) is 0. The largest absolute Gasteiger partial charge is 0.412 e. The maximum absolute atomic E-state index is 13.0. The highest BCUT2D eigenvalue weighted by molar-refractivity contribution is 7.86. The Morgan fingerprint density at radius 3 is 2.30 bits per heavy atom. The van der Waals surface area contributed by atoms with Gasteiger partial charge in [-0.2, -0.15) is 0 Å². The number of anilines is 1. The SMILES string of the molecule is O.O=C(CCc1cccnc1)Cc1ccc(NS(=O)c2ccccc2-c2ccncc2)cc1. The van der Waals surface area contributed by atoms with Gasteiger partial charge < -0.3 is 10.2 Å². The van der Waals surface area contributed by atoms with E-state index in [0.717, 1.165) is 27.9 Å². The van der Waals surface area contributed by atoms with Crippen molar-refractivity contribution in [2.45, 2.75) is 24.2 Å². The third-order valence-corrected chi connectivity index (χ3v) is 6.24. The van der Waals surface area contributed by atoms with Crippen molar-refractivity contribution in [1.29, 1.82) is 0 Å². The Bertz CT molecular complexity index is 1200. The van der Waals surface area contributed by atoms with Crippen LogP contribution in [0.25, 0.3) is 11.1 Å². The number of aromatic nitrogens is 2. The molecule has 4 aromatic rings. The zero-order valence-corrected chi connectivity index (χ0v) is 18.8. The predicted molar refractivity (Wildman–Crippen MR) is 131 cm³/mol. The minimum absolute atomic E-state index is 0. The molecule has 0 saturated carbocycles. The van der Waals surface area contributed by atoms with Crippen molar-refractivity contribution in [3.63, 3.8) is 0 Å². The second kappa shape index (κ2) is 11.8. The first-order valence-electron chi connectivity index (χ1n) is 10.4. The average molecular weight is 460 g/mol. The van der Waals surface area contributed by atoms with Gasteiger partial charge in [-0.15, -0.1) is 0 Å². The average Bonchev–Trinajstić information content (AvgIpc) is 2.85. The molecule has 0 amide bonds. The Morgan fingerprint density at radius 2 is 1.58 bits per heavy atom. The molecule has 3 N–H and O–H groups in total. The smallest absolute Gasteiger partial charge is 0.150 e. The number of hydrogen-bond donors (Lipinski definition) is 1. The summed E-state index contributed by atoms with van der Waals surface area (Å²) < 4.78 is 16.1. The van der Waals surface area contributed by atoms with Crippen molar-refractivity contribution in [3.8, 4) is 11.1 Å². The number of benzene rings is 2. The van der Waals surface area contributed by atoms with Crippen LogP contribution in [0.2, 0.25) is 0 Å². The van der Waals surface area contributed by atoms with Gasteiger partial charge >= 0.3 is 0 Å². The number of Topliss-reactive ketones (excluding diaryl/α,β-unsaturated/α-hetero) is 1. The molecule has 6 nitrogen and oxygen atoms in total. The highest BCUT2D eigenvalue weighted by Crippen LogP contribution is 2.26. The van der Waals surface area contributed by atoms with E-state index in [1.54, 1.807) is 24.8 Å². The number of pyridine rings is 2. The molecule has 33 heavy (non-hydrogen) atoms. The van der Waals surface area contributed by atoms with Gasteiger partial charge in [0.25, 0.3) is 0 Å². The van der Waals surface area contributed by atoms with Crippen LogP contribution in [0.3, 0.4) is 0 Å². The Hall–Kier alpha value is -3.68. The molecule has 0 aliphatic rings. The van der Waals surface area contributed by atoms with Crippen molar-refractivity contribution >= 4 is 22.5 Å². The van der Waals surface area contributed by atoms with E-state index in [0.29, 0.717) is 24.2 Å². The zero-order valence-electron chi connectivity index (χ0n) is 18.0. The molecule has 168 valence electrons. The van der Waals surface area contributed by atoms with Gasteiger partial charge in [-0.25, -0.2) is 4.21 Å². The number of rotatable bonds is 9. The van der Waals surface area contributed by atoms with Crippen molar-refractivity contribution < 1.29 is 14.5 Å². The minimum Gasteiger partial charge on any atom is -0.412 e. The summed E-state index contributed by atoms with van der Waals surface area (Å²) in [6, 6.07) is 22.8. The fourth-order valence-electron chi connectivity index (χ4n) is 3.40. The van der Waals surface area contributed by atoms with E-state index >= 15 is 0 Å². The Labute approximate surface area is 195 Å². The molecule has 1 unspecified atom stereocenters. The van der Waals surface area contributed by atoms with Crippen molar-refractivity contribution in [1.82, 2.24) is 9.97 Å². The monoisotopic (exact) mass is 459 g/mol. The van der Waals surface area contributed by atoms with E-state index < -0.39 is 11.0 Å². The van der Waals surface area contributed by atoms with Crippen LogP contribution < -0.4 is 4.72 Å². The third kappa shape index (κ3) is 6.65. The number of carbonyl (C=O) groups excluding carboxylic acids is 1. The van der Waals surface area contributed by atoms with Crippen LogP contribution in [-0.4, -0.2) is 25.4 Å². The van der Waals surface area contributed by atoms with Crippen molar-refractivity contribution in [2.75, 3.05) is 4.72 Å². The maximum Gasteiger partial charge on any atom is 0.150 e. The lowest BCUT2D eigenvalue weighted by Gasteiger charge is -2.11. The lowest BCUT2D eigenvalue weighted by Crippen LogP contribution is -2.07. The quantitative estimate of drug-likeness (QED) is 0.405. The predicted octanol–water partition coefficient (Wildman–Crippen LogP) is 4.20. The van der Waals surface area contributed by atoms with Gasteiger partial charge in [0.15, 0.2) is 11.0 Å². The summed E-state index contributed by atoms with van der Waals surface area (Å²) in [7, 11) is -1.43. The Kier molecular flexibility index (Phi) is 8.57. The molecular formula is C26H25N3O3S. The van der Waals surface area contributed by atoms with Crippen molar-refractivity contribution in [2.24, 2.45) is 0 Å². The molecule has 0 fully saturated rings. The van der Waals surface area contributed by atoms with Crippen LogP contribution in [0.1, 0.15) is 17.5 Å². The van der Waals surface area contributed by atoms with E-state index in [1.165, 1.54) is 0 Å². The Balaban J connectivity index is 0.00000306. The van der Waals surface area contributed by atoms with Crippen molar-refractivity contribution in [3.05, 3.63) is 109 Å². The molecule has 2 heterocycles. The number of carbonyl (C=O) groups is 1. The van der Waals surface area contributed by atoms with Gasteiger partial charge in [0.2, 0.25) is 0 Å². The maximum atomic E-state index is 13.0. The number of aryl methyl sites for hydroxylation is 1. The summed E-state index contributed by atoms with van der Waals surface area (Å²) in [5.74, 6) is 0.185. The lowest BCUT2D eigenvalue weighted by molar-refractivity contribution is -0.118. The summed E-state index contributed by atoms with van der Waals surface area (Å²) in [5, 5.41) is 0. The molecule has 0 aliphatic heterocycles. The molecule has 1 atom stereocenters. The fourth-order valence-corrected chi connectivity index (χ4v) is 4.44. The van der Waals surface area contributed by atoms with Crippen LogP contribution in [0, 0.1) is 0 Å². The zero-order chi connectivity index (χ0) is 22.2. The molecule has 2 aromatic carbocycles. The van der Waals surface area contributed by atoms with Crippen LogP contribution in [0.4, 0.5) is 5.69 Å². The lowest BCUT2D eigenvalue weighted by atomic mass is 10.0. The first-order chi connectivity index (χ1) is 15.7. The van der Waals surface area contributed by atoms with Gasteiger partial charge in [0.05, 0.1) is 4.90 Å². The summed E-state index contributed by atoms with van der Waals surface area (Å²) in [4.78, 5) is 21.1. The highest BCUT2D eigenvalue weighted by atomic mass is 32.2. The van der Waals surface area contributed by atoms with Crippen LogP contribution >= 0.6 is 0 Å². The molecule has 7 heteroatoms. The standard InChI is InChI=1S/C26H23N3O2S.H2O/c30-24(12-9-21-4-3-15-28-19-21)18-20-7-10-23(11-8-20)29-32(31)26-6-2-1-5-25(26)22-13-16-27-17-14-22;/h1-8,10-11,13-17,19,29H,9,12,18H2;1H2. The molecule has 0 spiro atoms. The van der Waals surface area contributed by atoms with Crippen LogP contribution in [0.15, 0.2) is 102 Å². The minimum atomic E-state index is -1.43. The second-order valence-corrected chi connectivity index (χ2v) is 8.56.